The van der Waals surface area contributed by atoms with E-state index in [1.54, 1.807) is 6.07 Å². The molecule has 1 aromatic rings. The van der Waals surface area contributed by atoms with Gasteiger partial charge < -0.3 is 5.73 Å². The normalized spacial score (nSPS) is 9.92. The number of nitrogens with two attached hydrogens (primary N) is 1. The van der Waals surface area contributed by atoms with Crippen LogP contribution in [0.1, 0.15) is 22.8 Å². The molecule has 0 saturated heterocycles. The van der Waals surface area contributed by atoms with E-state index in [4.69, 9.17) is 5.73 Å². The number of aryl methyl sites for hydroxylation is 1. The lowest BCUT2D eigenvalue weighted by Crippen LogP contribution is -2.00. The summed E-state index contributed by atoms with van der Waals surface area (Å²) in [5, 5.41) is 0. The van der Waals surface area contributed by atoms with Crippen LogP contribution in [-0.2, 0) is 0 Å². The minimum Gasteiger partial charge on any atom is -0.397 e. The Morgan fingerprint density at radius 2 is 2.08 bits per heavy atom. The number of rotatable bonds is 1. The molecule has 0 aliphatic carbocycles. The van der Waals surface area contributed by atoms with Crippen molar-refractivity contribution in [3.8, 4) is 0 Å². The van der Waals surface area contributed by atoms with E-state index in [0.717, 1.165) is 10.0 Å². The second-order valence-electron chi connectivity index (χ2n) is 2.76. The number of Topliss-reactive ketones (excluding diaryl/α,β-unsaturated/α-hetero) is 1. The average Bonchev–Trinajstić information content (AvgIpc) is 1.96. The lowest BCUT2D eigenvalue weighted by Gasteiger charge is -2.05. The van der Waals surface area contributed by atoms with Crippen LogP contribution in [0.15, 0.2) is 16.6 Å². The molecule has 3 heteroatoms. The quantitative estimate of drug-likeness (QED) is 0.592. The number of ketones is 1. The molecular weight excluding hydrogens is 218 g/mol. The van der Waals surface area contributed by atoms with Crippen molar-refractivity contribution in [2.24, 2.45) is 0 Å². The van der Waals surface area contributed by atoms with Gasteiger partial charge in [-0.05, 0) is 47.5 Å². The van der Waals surface area contributed by atoms with E-state index in [2.05, 4.69) is 15.9 Å². The Hall–Kier alpha value is -0.830. The Labute approximate surface area is 79.9 Å². The van der Waals surface area contributed by atoms with Gasteiger partial charge in [0.15, 0.2) is 5.78 Å². The highest BCUT2D eigenvalue weighted by Gasteiger charge is 2.07. The summed E-state index contributed by atoms with van der Waals surface area (Å²) in [6.45, 7) is 3.44. The van der Waals surface area contributed by atoms with Crippen LogP contribution in [0.3, 0.4) is 0 Å². The molecule has 0 atom stereocenters. The number of hydrogen-bond donors (Lipinski definition) is 1. The van der Waals surface area contributed by atoms with Crippen LogP contribution >= 0.6 is 15.9 Å². The summed E-state index contributed by atoms with van der Waals surface area (Å²) in [5.74, 6) is -0.00287. The van der Waals surface area contributed by atoms with Crippen LogP contribution in [0.4, 0.5) is 5.69 Å². The maximum absolute atomic E-state index is 11.1. The average molecular weight is 228 g/mol. The van der Waals surface area contributed by atoms with Gasteiger partial charge in [0, 0.05) is 10.0 Å². The maximum Gasteiger partial charge on any atom is 0.161 e. The largest absolute Gasteiger partial charge is 0.397 e. The standard InChI is InChI=1S/C9H10BrNO/c1-5-3-7(6(2)12)9(11)8(10)4-5/h3-4H,11H2,1-2H3. The minimum atomic E-state index is -0.00287. The molecular formula is C9H10BrNO. The highest BCUT2D eigenvalue weighted by Crippen LogP contribution is 2.25. The zero-order chi connectivity index (χ0) is 9.30. The van der Waals surface area contributed by atoms with Crippen molar-refractivity contribution in [3.63, 3.8) is 0 Å². The van der Waals surface area contributed by atoms with Gasteiger partial charge in [0.1, 0.15) is 0 Å². The van der Waals surface area contributed by atoms with Crippen molar-refractivity contribution in [3.05, 3.63) is 27.7 Å². The maximum atomic E-state index is 11.1. The molecule has 0 amide bonds. The van der Waals surface area contributed by atoms with Gasteiger partial charge in [-0.2, -0.15) is 0 Å². The van der Waals surface area contributed by atoms with Crippen molar-refractivity contribution < 1.29 is 4.79 Å². The molecule has 2 N–H and O–H groups in total. The first kappa shape index (κ1) is 9.26. The van der Waals surface area contributed by atoms with Gasteiger partial charge in [-0.1, -0.05) is 0 Å². The zero-order valence-corrected chi connectivity index (χ0v) is 8.60. The molecule has 0 spiro atoms. The third-order valence-electron chi connectivity index (χ3n) is 1.65. The van der Waals surface area contributed by atoms with Crippen LogP contribution < -0.4 is 5.73 Å². The minimum absolute atomic E-state index is 0.00287. The van der Waals surface area contributed by atoms with Crippen LogP contribution in [0.2, 0.25) is 0 Å². The van der Waals surface area contributed by atoms with Crippen molar-refractivity contribution in [1.29, 1.82) is 0 Å². The first-order valence-corrected chi connectivity index (χ1v) is 4.38. The molecule has 0 aromatic heterocycles. The van der Waals surface area contributed by atoms with Crippen LogP contribution in [-0.4, -0.2) is 5.78 Å². The van der Waals surface area contributed by atoms with Crippen molar-refractivity contribution in [2.45, 2.75) is 13.8 Å². The molecule has 12 heavy (non-hydrogen) atoms. The number of benzene rings is 1. The van der Waals surface area contributed by atoms with E-state index < -0.39 is 0 Å². The van der Waals surface area contributed by atoms with E-state index in [1.807, 2.05) is 13.0 Å². The van der Waals surface area contributed by atoms with Crippen LogP contribution in [0.25, 0.3) is 0 Å². The Kier molecular flexibility index (Phi) is 2.52. The second kappa shape index (κ2) is 3.27. The number of nitrogen functional groups attached to an aromatic ring is 1. The predicted molar refractivity (Wildman–Crippen MR) is 53.3 cm³/mol. The molecule has 0 heterocycles. The summed E-state index contributed by atoms with van der Waals surface area (Å²) in [5.41, 5.74) is 7.82. The topological polar surface area (TPSA) is 43.1 Å². The highest BCUT2D eigenvalue weighted by molar-refractivity contribution is 9.10. The summed E-state index contributed by atoms with van der Waals surface area (Å²) in [4.78, 5) is 11.1. The molecule has 1 rings (SSSR count). The molecule has 0 aliphatic rings. The number of halogens is 1. The molecule has 1 aromatic carbocycles. The molecule has 0 unspecified atom stereocenters. The Balaban J connectivity index is 3.37. The van der Waals surface area contributed by atoms with Gasteiger partial charge in [-0.3, -0.25) is 4.79 Å². The lowest BCUT2D eigenvalue weighted by atomic mass is 10.1. The summed E-state index contributed by atoms with van der Waals surface area (Å²) in [6.07, 6.45) is 0. The lowest BCUT2D eigenvalue weighted by molar-refractivity contribution is 0.101. The molecule has 2 nitrogen and oxygen atoms in total. The van der Waals surface area contributed by atoms with Crippen LogP contribution in [0, 0.1) is 6.92 Å². The van der Waals surface area contributed by atoms with E-state index in [-0.39, 0.29) is 5.78 Å². The van der Waals surface area contributed by atoms with E-state index >= 15 is 0 Å². The monoisotopic (exact) mass is 227 g/mol. The van der Waals surface area contributed by atoms with E-state index in [1.165, 1.54) is 6.92 Å². The van der Waals surface area contributed by atoms with Gasteiger partial charge in [-0.15, -0.1) is 0 Å². The molecule has 0 saturated carbocycles. The van der Waals surface area contributed by atoms with Gasteiger partial charge in [0.2, 0.25) is 0 Å². The molecule has 64 valence electrons. The third-order valence-corrected chi connectivity index (χ3v) is 2.31. The van der Waals surface area contributed by atoms with E-state index in [9.17, 15) is 4.79 Å². The Morgan fingerprint density at radius 3 is 2.58 bits per heavy atom. The van der Waals surface area contributed by atoms with Gasteiger partial charge >= 0.3 is 0 Å². The van der Waals surface area contributed by atoms with Crippen molar-refractivity contribution >= 4 is 27.4 Å². The molecule has 0 fully saturated rings. The van der Waals surface area contributed by atoms with Gasteiger partial charge in [0.25, 0.3) is 0 Å². The summed E-state index contributed by atoms with van der Waals surface area (Å²) < 4.78 is 0.785. The summed E-state index contributed by atoms with van der Waals surface area (Å²) >= 11 is 3.29. The van der Waals surface area contributed by atoms with E-state index in [0.29, 0.717) is 11.3 Å². The molecule has 0 radical (unpaired) electrons. The Morgan fingerprint density at radius 1 is 1.50 bits per heavy atom. The highest BCUT2D eigenvalue weighted by atomic mass is 79.9. The SMILES string of the molecule is CC(=O)c1cc(C)cc(Br)c1N. The fourth-order valence-electron chi connectivity index (χ4n) is 1.04. The first-order valence-electron chi connectivity index (χ1n) is 3.59. The van der Waals surface area contributed by atoms with Gasteiger partial charge in [-0.25, -0.2) is 0 Å². The third kappa shape index (κ3) is 1.67. The molecule has 0 bridgehead atoms. The number of carbonyl (C=O) groups is 1. The summed E-state index contributed by atoms with van der Waals surface area (Å²) in [6, 6.07) is 3.68. The number of anilines is 1. The smallest absolute Gasteiger partial charge is 0.161 e. The van der Waals surface area contributed by atoms with Crippen LogP contribution in [0.5, 0.6) is 0 Å². The Bertz CT molecular complexity index is 334. The van der Waals surface area contributed by atoms with Crippen molar-refractivity contribution in [1.82, 2.24) is 0 Å². The first-order chi connectivity index (χ1) is 5.52. The number of carbonyl (C=O) groups excluding carboxylic acids is 1. The summed E-state index contributed by atoms with van der Waals surface area (Å²) in [7, 11) is 0. The fourth-order valence-corrected chi connectivity index (χ4v) is 1.62. The predicted octanol–water partition coefficient (Wildman–Crippen LogP) is 2.54. The second-order valence-corrected chi connectivity index (χ2v) is 3.62. The molecule has 0 aliphatic heterocycles. The fraction of sp³-hybridized carbons (Fsp3) is 0.222. The van der Waals surface area contributed by atoms with Gasteiger partial charge in [0.05, 0.1) is 5.69 Å². The zero-order valence-electron chi connectivity index (χ0n) is 7.02. The van der Waals surface area contributed by atoms with Crippen molar-refractivity contribution in [2.75, 3.05) is 5.73 Å². The number of hydrogen-bond acceptors (Lipinski definition) is 2.